The monoisotopic (exact) mass is 312 g/mol. The predicted molar refractivity (Wildman–Crippen MR) is 79.0 cm³/mol. The van der Waals surface area contributed by atoms with Gasteiger partial charge in [0.25, 0.3) is 0 Å². The highest BCUT2D eigenvalue weighted by molar-refractivity contribution is 9.10. The van der Waals surface area contributed by atoms with E-state index in [1.807, 2.05) is 0 Å². The molecule has 0 bridgehead atoms. The summed E-state index contributed by atoms with van der Waals surface area (Å²) in [7, 11) is 2.13. The summed E-state index contributed by atoms with van der Waals surface area (Å²) in [5.41, 5.74) is 1.19. The van der Waals surface area contributed by atoms with Gasteiger partial charge in [-0.3, -0.25) is 0 Å². The summed E-state index contributed by atoms with van der Waals surface area (Å²) < 4.78 is 1.09. The molecule has 1 N–H and O–H groups in total. The highest BCUT2D eigenvalue weighted by Crippen LogP contribution is 2.24. The second-order valence-electron chi connectivity index (χ2n) is 5.29. The van der Waals surface area contributed by atoms with Gasteiger partial charge in [0.2, 0.25) is 0 Å². The van der Waals surface area contributed by atoms with Crippen molar-refractivity contribution in [1.82, 2.24) is 4.90 Å². The SMILES string of the molecule is CC1CN(C)CC(CO)N(c2ccc(Br)cc2)C1. The molecule has 2 rings (SSSR count). The van der Waals surface area contributed by atoms with E-state index in [0.717, 1.165) is 24.1 Å². The summed E-state index contributed by atoms with van der Waals surface area (Å²) in [6.07, 6.45) is 0. The van der Waals surface area contributed by atoms with Crippen molar-refractivity contribution in [3.05, 3.63) is 28.7 Å². The van der Waals surface area contributed by atoms with E-state index in [-0.39, 0.29) is 12.6 Å². The van der Waals surface area contributed by atoms with Crippen molar-refractivity contribution in [2.24, 2.45) is 5.92 Å². The Morgan fingerprint density at radius 1 is 1.22 bits per heavy atom. The number of hydrogen-bond donors (Lipinski definition) is 1. The molecule has 1 aliphatic rings. The van der Waals surface area contributed by atoms with Gasteiger partial charge in [-0.25, -0.2) is 0 Å². The fourth-order valence-corrected chi connectivity index (χ4v) is 2.98. The first-order chi connectivity index (χ1) is 8.60. The summed E-state index contributed by atoms with van der Waals surface area (Å²) >= 11 is 3.46. The van der Waals surface area contributed by atoms with Gasteiger partial charge in [-0.05, 0) is 37.2 Å². The Labute approximate surface area is 118 Å². The minimum atomic E-state index is 0.182. The number of aliphatic hydroxyl groups is 1. The standard InChI is InChI=1S/C14H21BrN2O/c1-11-7-16(2)9-14(10-18)17(8-11)13-5-3-12(15)4-6-13/h3-6,11,14,18H,7-10H2,1-2H3. The third kappa shape index (κ3) is 3.25. The van der Waals surface area contributed by atoms with Crippen LogP contribution in [0.5, 0.6) is 0 Å². The molecule has 0 radical (unpaired) electrons. The van der Waals surface area contributed by atoms with Crippen molar-refractivity contribution >= 4 is 21.6 Å². The number of halogens is 1. The maximum absolute atomic E-state index is 9.63. The average Bonchev–Trinajstić information content (AvgIpc) is 2.48. The van der Waals surface area contributed by atoms with Crippen molar-refractivity contribution in [2.45, 2.75) is 13.0 Å². The minimum absolute atomic E-state index is 0.182. The van der Waals surface area contributed by atoms with Crippen LogP contribution in [0, 0.1) is 5.92 Å². The second-order valence-corrected chi connectivity index (χ2v) is 6.21. The molecular formula is C14H21BrN2O. The van der Waals surface area contributed by atoms with Crippen LogP contribution in [0.3, 0.4) is 0 Å². The lowest BCUT2D eigenvalue weighted by molar-refractivity contribution is 0.226. The van der Waals surface area contributed by atoms with Gasteiger partial charge in [-0.2, -0.15) is 0 Å². The largest absolute Gasteiger partial charge is 0.394 e. The number of nitrogens with zero attached hydrogens (tertiary/aromatic N) is 2. The van der Waals surface area contributed by atoms with Crippen LogP contribution in [0.1, 0.15) is 6.92 Å². The van der Waals surface area contributed by atoms with E-state index >= 15 is 0 Å². The van der Waals surface area contributed by atoms with E-state index in [2.05, 4.69) is 64.0 Å². The molecular weight excluding hydrogens is 292 g/mol. The molecule has 0 saturated carbocycles. The van der Waals surface area contributed by atoms with Gasteiger partial charge < -0.3 is 14.9 Å². The summed E-state index contributed by atoms with van der Waals surface area (Å²) in [5, 5.41) is 9.63. The van der Waals surface area contributed by atoms with Crippen molar-refractivity contribution in [2.75, 3.05) is 38.2 Å². The molecule has 100 valence electrons. The quantitative estimate of drug-likeness (QED) is 0.907. The van der Waals surface area contributed by atoms with E-state index in [4.69, 9.17) is 0 Å². The normalized spacial score (nSPS) is 26.1. The zero-order chi connectivity index (χ0) is 13.1. The maximum Gasteiger partial charge on any atom is 0.0647 e. The fraction of sp³-hybridized carbons (Fsp3) is 0.571. The predicted octanol–water partition coefficient (Wildman–Crippen LogP) is 2.20. The first-order valence-corrected chi connectivity index (χ1v) is 7.21. The van der Waals surface area contributed by atoms with Gasteiger partial charge in [0.05, 0.1) is 12.6 Å². The molecule has 0 aliphatic carbocycles. The lowest BCUT2D eigenvalue weighted by atomic mass is 10.1. The Kier molecular flexibility index (Phi) is 4.65. The van der Waals surface area contributed by atoms with E-state index in [0.29, 0.717) is 5.92 Å². The Bertz CT molecular complexity index is 382. The molecule has 3 nitrogen and oxygen atoms in total. The molecule has 0 spiro atoms. The number of anilines is 1. The van der Waals surface area contributed by atoms with Crippen LogP contribution < -0.4 is 4.90 Å². The Hall–Kier alpha value is -0.580. The van der Waals surface area contributed by atoms with E-state index < -0.39 is 0 Å². The second kappa shape index (κ2) is 6.04. The smallest absolute Gasteiger partial charge is 0.0647 e. The molecule has 1 aromatic carbocycles. The molecule has 1 heterocycles. The summed E-state index contributed by atoms with van der Waals surface area (Å²) in [5.74, 6) is 0.607. The maximum atomic E-state index is 9.63. The molecule has 2 unspecified atom stereocenters. The molecule has 1 aliphatic heterocycles. The molecule has 0 aromatic heterocycles. The van der Waals surface area contributed by atoms with Crippen LogP contribution in [0.15, 0.2) is 28.7 Å². The van der Waals surface area contributed by atoms with Gasteiger partial charge in [0.15, 0.2) is 0 Å². The van der Waals surface area contributed by atoms with Gasteiger partial charge in [-0.1, -0.05) is 22.9 Å². The Morgan fingerprint density at radius 3 is 2.50 bits per heavy atom. The van der Waals surface area contributed by atoms with Crippen LogP contribution in [0.25, 0.3) is 0 Å². The lowest BCUT2D eigenvalue weighted by Gasteiger charge is -2.32. The van der Waals surface area contributed by atoms with Crippen LogP contribution in [0.4, 0.5) is 5.69 Å². The van der Waals surface area contributed by atoms with Crippen molar-refractivity contribution in [1.29, 1.82) is 0 Å². The van der Waals surface area contributed by atoms with Crippen LogP contribution >= 0.6 is 15.9 Å². The third-order valence-electron chi connectivity index (χ3n) is 3.46. The zero-order valence-electron chi connectivity index (χ0n) is 11.0. The van der Waals surface area contributed by atoms with Crippen molar-refractivity contribution in [3.8, 4) is 0 Å². The number of hydrogen-bond acceptors (Lipinski definition) is 3. The van der Waals surface area contributed by atoms with Gasteiger partial charge >= 0.3 is 0 Å². The molecule has 4 heteroatoms. The zero-order valence-corrected chi connectivity index (χ0v) is 12.6. The van der Waals surface area contributed by atoms with Gasteiger partial charge in [0, 0.05) is 29.8 Å². The van der Waals surface area contributed by atoms with Crippen LogP contribution in [0.2, 0.25) is 0 Å². The molecule has 1 fully saturated rings. The number of aliphatic hydroxyl groups excluding tert-OH is 1. The van der Waals surface area contributed by atoms with Crippen LogP contribution in [-0.4, -0.2) is 49.3 Å². The van der Waals surface area contributed by atoms with E-state index in [1.165, 1.54) is 5.69 Å². The number of benzene rings is 1. The third-order valence-corrected chi connectivity index (χ3v) is 3.99. The average molecular weight is 313 g/mol. The van der Waals surface area contributed by atoms with Gasteiger partial charge in [-0.15, -0.1) is 0 Å². The molecule has 0 amide bonds. The number of likely N-dealkylation sites (N-methyl/N-ethyl adjacent to an activating group) is 1. The molecule has 2 atom stereocenters. The first-order valence-electron chi connectivity index (χ1n) is 6.41. The summed E-state index contributed by atoms with van der Waals surface area (Å²) in [6, 6.07) is 8.53. The van der Waals surface area contributed by atoms with E-state index in [9.17, 15) is 5.11 Å². The molecule has 1 aromatic rings. The van der Waals surface area contributed by atoms with Crippen molar-refractivity contribution < 1.29 is 5.11 Å². The minimum Gasteiger partial charge on any atom is -0.394 e. The summed E-state index contributed by atoms with van der Waals surface area (Å²) in [6.45, 7) is 5.47. The van der Waals surface area contributed by atoms with E-state index in [1.54, 1.807) is 0 Å². The fourth-order valence-electron chi connectivity index (χ4n) is 2.71. The van der Waals surface area contributed by atoms with Crippen LogP contribution in [-0.2, 0) is 0 Å². The topological polar surface area (TPSA) is 26.7 Å². The highest BCUT2D eigenvalue weighted by atomic mass is 79.9. The summed E-state index contributed by atoms with van der Waals surface area (Å²) in [4.78, 5) is 4.64. The first kappa shape index (κ1) is 13.8. The molecule has 18 heavy (non-hydrogen) atoms. The Morgan fingerprint density at radius 2 is 1.89 bits per heavy atom. The highest BCUT2D eigenvalue weighted by Gasteiger charge is 2.26. The number of rotatable bonds is 2. The Balaban J connectivity index is 2.24. The van der Waals surface area contributed by atoms with Crippen molar-refractivity contribution in [3.63, 3.8) is 0 Å². The lowest BCUT2D eigenvalue weighted by Crippen LogP contribution is -2.43. The molecule has 1 saturated heterocycles. The van der Waals surface area contributed by atoms with Gasteiger partial charge in [0.1, 0.15) is 0 Å².